The van der Waals surface area contributed by atoms with Gasteiger partial charge in [0.2, 0.25) is 6.41 Å². The SMILES string of the molecule is CC1C(NC=O)C1C1=C[C@H]1C. The maximum atomic E-state index is 10.1. The van der Waals surface area contributed by atoms with Gasteiger partial charge in [-0.2, -0.15) is 0 Å². The number of carbonyl (C=O) groups excluding carboxylic acids is 1. The molecule has 0 bridgehead atoms. The topological polar surface area (TPSA) is 29.1 Å². The molecule has 2 aliphatic carbocycles. The molecule has 2 aliphatic rings. The van der Waals surface area contributed by atoms with Crippen LogP contribution in [0, 0.1) is 17.8 Å². The highest BCUT2D eigenvalue weighted by Crippen LogP contribution is 2.52. The van der Waals surface area contributed by atoms with Crippen LogP contribution in [0.3, 0.4) is 0 Å². The summed E-state index contributed by atoms with van der Waals surface area (Å²) in [5.41, 5.74) is 1.55. The monoisotopic (exact) mass is 151 g/mol. The van der Waals surface area contributed by atoms with E-state index in [0.717, 1.165) is 6.41 Å². The summed E-state index contributed by atoms with van der Waals surface area (Å²) in [5, 5.41) is 2.84. The maximum Gasteiger partial charge on any atom is 0.207 e. The van der Waals surface area contributed by atoms with E-state index < -0.39 is 0 Å². The normalized spacial score (nSPS) is 46.2. The van der Waals surface area contributed by atoms with Crippen LogP contribution in [-0.4, -0.2) is 12.5 Å². The van der Waals surface area contributed by atoms with Crippen LogP contribution in [0.25, 0.3) is 0 Å². The Morgan fingerprint density at radius 2 is 2.18 bits per heavy atom. The molecule has 0 aromatic heterocycles. The van der Waals surface area contributed by atoms with E-state index in [1.54, 1.807) is 5.57 Å². The van der Waals surface area contributed by atoms with E-state index in [2.05, 4.69) is 25.2 Å². The van der Waals surface area contributed by atoms with Crippen LogP contribution in [0.15, 0.2) is 11.6 Å². The Balaban J connectivity index is 1.90. The molecule has 1 N–H and O–H groups in total. The third kappa shape index (κ3) is 0.971. The fourth-order valence-electron chi connectivity index (χ4n) is 1.96. The van der Waals surface area contributed by atoms with Crippen LogP contribution < -0.4 is 5.32 Å². The summed E-state index contributed by atoms with van der Waals surface area (Å²) in [5.74, 6) is 2.03. The summed E-state index contributed by atoms with van der Waals surface area (Å²) in [6.07, 6.45) is 3.10. The van der Waals surface area contributed by atoms with Crippen LogP contribution in [0.4, 0.5) is 0 Å². The zero-order chi connectivity index (χ0) is 8.01. The molecule has 4 atom stereocenters. The molecular formula is C9H13NO. The largest absolute Gasteiger partial charge is 0.355 e. The highest BCUT2D eigenvalue weighted by atomic mass is 16.1. The predicted molar refractivity (Wildman–Crippen MR) is 42.9 cm³/mol. The molecule has 3 unspecified atom stereocenters. The average Bonchev–Trinajstić information content (AvgIpc) is 2.78. The Kier molecular flexibility index (Phi) is 1.31. The van der Waals surface area contributed by atoms with Gasteiger partial charge in [0.15, 0.2) is 0 Å². The van der Waals surface area contributed by atoms with Crippen molar-refractivity contribution in [2.45, 2.75) is 19.9 Å². The number of hydrogen-bond acceptors (Lipinski definition) is 1. The van der Waals surface area contributed by atoms with Crippen molar-refractivity contribution >= 4 is 6.41 Å². The van der Waals surface area contributed by atoms with Crippen molar-refractivity contribution < 1.29 is 4.79 Å². The van der Waals surface area contributed by atoms with E-state index in [1.165, 1.54) is 0 Å². The first-order chi connectivity index (χ1) is 5.25. The molecule has 0 spiro atoms. The van der Waals surface area contributed by atoms with Crippen LogP contribution in [0.5, 0.6) is 0 Å². The first-order valence-electron chi connectivity index (χ1n) is 4.17. The molecule has 2 nitrogen and oxygen atoms in total. The molecule has 0 aromatic carbocycles. The van der Waals surface area contributed by atoms with Crippen LogP contribution in [0.1, 0.15) is 13.8 Å². The van der Waals surface area contributed by atoms with Crippen molar-refractivity contribution in [1.29, 1.82) is 0 Å². The Hall–Kier alpha value is -0.790. The molecule has 11 heavy (non-hydrogen) atoms. The van der Waals surface area contributed by atoms with Crippen molar-refractivity contribution in [3.63, 3.8) is 0 Å². The third-order valence-electron chi connectivity index (χ3n) is 2.88. The van der Waals surface area contributed by atoms with E-state index in [0.29, 0.717) is 23.8 Å². The van der Waals surface area contributed by atoms with Gasteiger partial charge >= 0.3 is 0 Å². The van der Waals surface area contributed by atoms with Gasteiger partial charge in [-0.25, -0.2) is 0 Å². The van der Waals surface area contributed by atoms with Gasteiger partial charge in [-0.15, -0.1) is 0 Å². The van der Waals surface area contributed by atoms with Crippen LogP contribution >= 0.6 is 0 Å². The number of hydrogen-bond donors (Lipinski definition) is 1. The molecule has 0 radical (unpaired) electrons. The van der Waals surface area contributed by atoms with Crippen molar-refractivity contribution in [3.05, 3.63) is 11.6 Å². The number of carbonyl (C=O) groups is 1. The van der Waals surface area contributed by atoms with E-state index in [1.807, 2.05) is 0 Å². The van der Waals surface area contributed by atoms with Crippen molar-refractivity contribution in [2.24, 2.45) is 17.8 Å². The lowest BCUT2D eigenvalue weighted by Crippen LogP contribution is -2.16. The lowest BCUT2D eigenvalue weighted by molar-refractivity contribution is -0.109. The summed E-state index contributed by atoms with van der Waals surface area (Å²) < 4.78 is 0. The van der Waals surface area contributed by atoms with Gasteiger partial charge in [-0.05, 0) is 11.8 Å². The highest BCUT2D eigenvalue weighted by molar-refractivity contribution is 5.50. The Morgan fingerprint density at radius 1 is 1.55 bits per heavy atom. The minimum atomic E-state index is 0.434. The molecule has 60 valence electrons. The number of allylic oxidation sites excluding steroid dienone is 1. The highest BCUT2D eigenvalue weighted by Gasteiger charge is 2.52. The summed E-state index contributed by atoms with van der Waals surface area (Å²) >= 11 is 0. The van der Waals surface area contributed by atoms with E-state index in [9.17, 15) is 4.79 Å². The fourth-order valence-corrected chi connectivity index (χ4v) is 1.96. The summed E-state index contributed by atoms with van der Waals surface area (Å²) in [4.78, 5) is 10.1. The minimum Gasteiger partial charge on any atom is -0.355 e. The van der Waals surface area contributed by atoms with Crippen molar-refractivity contribution in [2.75, 3.05) is 0 Å². The van der Waals surface area contributed by atoms with Gasteiger partial charge in [0, 0.05) is 12.0 Å². The van der Waals surface area contributed by atoms with Gasteiger partial charge < -0.3 is 5.32 Å². The Labute approximate surface area is 66.7 Å². The molecule has 0 aliphatic heterocycles. The molecule has 0 heterocycles. The van der Waals surface area contributed by atoms with E-state index in [4.69, 9.17) is 0 Å². The van der Waals surface area contributed by atoms with Gasteiger partial charge in [0.05, 0.1) is 0 Å². The average molecular weight is 151 g/mol. The maximum absolute atomic E-state index is 10.1. The van der Waals surface area contributed by atoms with Crippen LogP contribution in [0.2, 0.25) is 0 Å². The fraction of sp³-hybridized carbons (Fsp3) is 0.667. The first kappa shape index (κ1) is 6.89. The van der Waals surface area contributed by atoms with Crippen LogP contribution in [-0.2, 0) is 4.79 Å². The second-order valence-electron chi connectivity index (χ2n) is 3.65. The molecule has 0 aromatic rings. The van der Waals surface area contributed by atoms with E-state index in [-0.39, 0.29) is 0 Å². The predicted octanol–water partition coefficient (Wildman–Crippen LogP) is 0.943. The smallest absolute Gasteiger partial charge is 0.207 e. The van der Waals surface area contributed by atoms with E-state index >= 15 is 0 Å². The number of rotatable bonds is 3. The Morgan fingerprint density at radius 3 is 2.64 bits per heavy atom. The molecule has 2 rings (SSSR count). The standard InChI is InChI=1S/C9H13NO/c1-5-3-7(5)8-6(2)9(8)10-4-11/h3-6,8-9H,1-2H3,(H,10,11)/t5-,6?,8?,9?/m1/s1. The van der Waals surface area contributed by atoms with Gasteiger partial charge in [-0.1, -0.05) is 25.5 Å². The second-order valence-corrected chi connectivity index (χ2v) is 3.65. The van der Waals surface area contributed by atoms with Crippen molar-refractivity contribution in [3.8, 4) is 0 Å². The molecule has 1 saturated carbocycles. The summed E-state index contributed by atoms with van der Waals surface area (Å²) in [7, 11) is 0. The quantitative estimate of drug-likeness (QED) is 0.472. The lowest BCUT2D eigenvalue weighted by atomic mass is 10.2. The molecular weight excluding hydrogens is 138 g/mol. The molecule has 1 amide bonds. The first-order valence-corrected chi connectivity index (χ1v) is 4.17. The number of nitrogens with one attached hydrogen (secondary N) is 1. The minimum absolute atomic E-state index is 0.434. The van der Waals surface area contributed by atoms with Gasteiger partial charge in [0.25, 0.3) is 0 Å². The molecule has 1 fully saturated rings. The van der Waals surface area contributed by atoms with Gasteiger partial charge in [-0.3, -0.25) is 4.79 Å². The molecule has 0 saturated heterocycles. The zero-order valence-corrected chi connectivity index (χ0v) is 6.87. The third-order valence-corrected chi connectivity index (χ3v) is 2.88. The molecule has 2 heteroatoms. The Bertz CT molecular complexity index is 222. The summed E-state index contributed by atoms with van der Waals surface area (Å²) in [6, 6.07) is 0.434. The number of amides is 1. The lowest BCUT2D eigenvalue weighted by Gasteiger charge is -1.92. The zero-order valence-electron chi connectivity index (χ0n) is 6.87. The van der Waals surface area contributed by atoms with Crippen molar-refractivity contribution in [1.82, 2.24) is 5.32 Å². The van der Waals surface area contributed by atoms with Gasteiger partial charge in [0.1, 0.15) is 0 Å². The second kappa shape index (κ2) is 2.10. The summed E-state index contributed by atoms with van der Waals surface area (Å²) in [6.45, 7) is 4.40.